The van der Waals surface area contributed by atoms with Gasteiger partial charge in [0.1, 0.15) is 5.75 Å². The van der Waals surface area contributed by atoms with Gasteiger partial charge in [-0.3, -0.25) is 4.90 Å². The lowest BCUT2D eigenvalue weighted by Gasteiger charge is -2.14. The highest BCUT2D eigenvalue weighted by Gasteiger charge is 2.21. The molecule has 0 amide bonds. The van der Waals surface area contributed by atoms with Crippen molar-refractivity contribution in [3.05, 3.63) is 41.5 Å². The van der Waals surface area contributed by atoms with Crippen LogP contribution in [0.15, 0.2) is 28.8 Å². The van der Waals surface area contributed by atoms with Crippen molar-refractivity contribution >= 4 is 12.4 Å². The van der Waals surface area contributed by atoms with Crippen LogP contribution in [0.1, 0.15) is 31.1 Å². The molecular weight excluding hydrogens is 304 g/mol. The second-order valence-electron chi connectivity index (χ2n) is 5.75. The summed E-state index contributed by atoms with van der Waals surface area (Å²) in [5, 5.41) is 3.92. The molecule has 0 aliphatic carbocycles. The summed E-state index contributed by atoms with van der Waals surface area (Å²) in [4.78, 5) is 6.43. The Labute approximate surface area is 137 Å². The number of hydrogen-bond acceptors (Lipinski definition) is 6. The van der Waals surface area contributed by atoms with Gasteiger partial charge in [0.15, 0.2) is 5.82 Å². The van der Waals surface area contributed by atoms with Crippen molar-refractivity contribution < 1.29 is 9.26 Å². The normalized spacial score (nSPS) is 11.4. The minimum absolute atomic E-state index is 0. The maximum atomic E-state index is 5.94. The number of benzene rings is 1. The van der Waals surface area contributed by atoms with Gasteiger partial charge in [0.05, 0.1) is 19.2 Å². The van der Waals surface area contributed by atoms with Crippen molar-refractivity contribution in [2.45, 2.75) is 32.5 Å². The van der Waals surface area contributed by atoms with E-state index >= 15 is 0 Å². The molecule has 0 bridgehead atoms. The SMILES string of the molecule is COc1ccc(CN(C)Cc2nc(C(C)(C)N)no2)cc1.Cl. The third-order valence-corrected chi connectivity index (χ3v) is 3.06. The molecule has 0 fully saturated rings. The minimum atomic E-state index is -0.587. The second kappa shape index (κ2) is 7.58. The molecule has 1 heterocycles. The molecule has 2 rings (SSSR count). The fourth-order valence-electron chi connectivity index (χ4n) is 1.91. The highest BCUT2D eigenvalue weighted by molar-refractivity contribution is 5.85. The third kappa shape index (κ3) is 4.98. The van der Waals surface area contributed by atoms with Gasteiger partial charge in [-0.05, 0) is 38.6 Å². The highest BCUT2D eigenvalue weighted by Crippen LogP contribution is 2.15. The zero-order chi connectivity index (χ0) is 15.5. The number of aromatic nitrogens is 2. The molecule has 0 saturated carbocycles. The van der Waals surface area contributed by atoms with Crippen LogP contribution in [0.4, 0.5) is 0 Å². The highest BCUT2D eigenvalue weighted by atomic mass is 35.5. The summed E-state index contributed by atoms with van der Waals surface area (Å²) >= 11 is 0. The van der Waals surface area contributed by atoms with Crippen LogP contribution in [-0.2, 0) is 18.6 Å². The maximum absolute atomic E-state index is 5.94. The van der Waals surface area contributed by atoms with E-state index in [2.05, 4.69) is 15.0 Å². The van der Waals surface area contributed by atoms with Gasteiger partial charge in [-0.15, -0.1) is 12.4 Å². The summed E-state index contributed by atoms with van der Waals surface area (Å²) in [7, 11) is 3.66. The zero-order valence-corrected chi connectivity index (χ0v) is 14.2. The largest absolute Gasteiger partial charge is 0.497 e. The van der Waals surface area contributed by atoms with Crippen LogP contribution in [0.25, 0.3) is 0 Å². The predicted octanol–water partition coefficient (Wildman–Crippen LogP) is 2.33. The summed E-state index contributed by atoms with van der Waals surface area (Å²) in [6, 6.07) is 7.98. The van der Waals surface area contributed by atoms with Crippen molar-refractivity contribution in [1.82, 2.24) is 15.0 Å². The number of rotatable bonds is 6. The van der Waals surface area contributed by atoms with E-state index in [1.54, 1.807) is 7.11 Å². The minimum Gasteiger partial charge on any atom is -0.497 e. The molecule has 122 valence electrons. The number of methoxy groups -OCH3 is 1. The van der Waals surface area contributed by atoms with Gasteiger partial charge < -0.3 is 15.0 Å². The Morgan fingerprint density at radius 2 is 1.86 bits per heavy atom. The van der Waals surface area contributed by atoms with Crippen LogP contribution in [0.2, 0.25) is 0 Å². The molecule has 7 heteroatoms. The molecule has 2 aromatic rings. The maximum Gasteiger partial charge on any atom is 0.240 e. The molecule has 1 aromatic carbocycles. The van der Waals surface area contributed by atoms with Crippen molar-refractivity contribution in [3.63, 3.8) is 0 Å². The van der Waals surface area contributed by atoms with Crippen molar-refractivity contribution in [2.24, 2.45) is 5.73 Å². The van der Waals surface area contributed by atoms with E-state index in [0.717, 1.165) is 12.3 Å². The first-order valence-electron chi connectivity index (χ1n) is 6.82. The van der Waals surface area contributed by atoms with Crippen molar-refractivity contribution in [1.29, 1.82) is 0 Å². The number of nitrogens with two attached hydrogens (primary N) is 1. The Morgan fingerprint density at radius 1 is 1.23 bits per heavy atom. The van der Waals surface area contributed by atoms with E-state index in [1.807, 2.05) is 45.2 Å². The molecule has 2 N–H and O–H groups in total. The van der Waals surface area contributed by atoms with Gasteiger partial charge >= 0.3 is 0 Å². The number of ether oxygens (including phenoxy) is 1. The van der Waals surface area contributed by atoms with E-state index in [4.69, 9.17) is 15.0 Å². The van der Waals surface area contributed by atoms with Crippen LogP contribution < -0.4 is 10.5 Å². The number of hydrogen-bond donors (Lipinski definition) is 1. The summed E-state index contributed by atoms with van der Waals surface area (Å²) < 4.78 is 10.4. The lowest BCUT2D eigenvalue weighted by molar-refractivity contribution is 0.259. The average molecular weight is 327 g/mol. The third-order valence-electron chi connectivity index (χ3n) is 3.06. The topological polar surface area (TPSA) is 77.4 Å². The molecule has 0 spiro atoms. The summed E-state index contributed by atoms with van der Waals surface area (Å²) in [5.74, 6) is 1.95. The fraction of sp³-hybridized carbons (Fsp3) is 0.467. The van der Waals surface area contributed by atoms with E-state index in [1.165, 1.54) is 5.56 Å². The smallest absolute Gasteiger partial charge is 0.240 e. The molecule has 22 heavy (non-hydrogen) atoms. The van der Waals surface area contributed by atoms with Crippen LogP contribution in [0.5, 0.6) is 5.75 Å². The second-order valence-corrected chi connectivity index (χ2v) is 5.75. The molecule has 0 saturated heterocycles. The lowest BCUT2D eigenvalue weighted by Crippen LogP contribution is -2.30. The molecule has 0 unspecified atom stereocenters. The molecule has 6 nitrogen and oxygen atoms in total. The van der Waals surface area contributed by atoms with Crippen molar-refractivity contribution in [3.8, 4) is 5.75 Å². The number of halogens is 1. The Morgan fingerprint density at radius 3 is 2.36 bits per heavy atom. The van der Waals surface area contributed by atoms with Gasteiger partial charge in [0.25, 0.3) is 0 Å². The van der Waals surface area contributed by atoms with Crippen LogP contribution in [0, 0.1) is 0 Å². The van der Waals surface area contributed by atoms with E-state index < -0.39 is 5.54 Å². The van der Waals surface area contributed by atoms with Crippen LogP contribution in [-0.4, -0.2) is 29.2 Å². The Hall–Kier alpha value is -1.63. The first kappa shape index (κ1) is 18.4. The van der Waals surface area contributed by atoms with E-state index in [0.29, 0.717) is 18.3 Å². The van der Waals surface area contributed by atoms with Gasteiger partial charge in [-0.25, -0.2) is 0 Å². The Balaban J connectivity index is 0.00000242. The summed E-state index contributed by atoms with van der Waals surface area (Å²) in [6.45, 7) is 5.06. The monoisotopic (exact) mass is 326 g/mol. The number of nitrogens with zero attached hydrogens (tertiary/aromatic N) is 3. The predicted molar refractivity (Wildman–Crippen MR) is 86.9 cm³/mol. The quantitative estimate of drug-likeness (QED) is 0.877. The summed E-state index contributed by atoms with van der Waals surface area (Å²) in [6.07, 6.45) is 0. The summed E-state index contributed by atoms with van der Waals surface area (Å²) in [5.41, 5.74) is 6.55. The Kier molecular flexibility index (Phi) is 6.34. The molecule has 0 aliphatic heterocycles. The first-order valence-corrected chi connectivity index (χ1v) is 6.82. The Bertz CT molecular complexity index is 578. The molecule has 0 radical (unpaired) electrons. The molecular formula is C15H23ClN4O2. The first-order chi connectivity index (χ1) is 9.88. The van der Waals surface area contributed by atoms with E-state index in [-0.39, 0.29) is 12.4 Å². The molecule has 0 aliphatic rings. The molecule has 1 aromatic heterocycles. The van der Waals surface area contributed by atoms with Gasteiger partial charge in [0, 0.05) is 6.54 Å². The standard InChI is InChI=1S/C15H22N4O2.ClH/c1-15(2,16)14-17-13(21-18-14)10-19(3)9-11-5-7-12(20-4)8-6-11;/h5-8H,9-10,16H2,1-4H3;1H. The van der Waals surface area contributed by atoms with Crippen LogP contribution >= 0.6 is 12.4 Å². The lowest BCUT2D eigenvalue weighted by atomic mass is 10.1. The van der Waals surface area contributed by atoms with Crippen LogP contribution in [0.3, 0.4) is 0 Å². The average Bonchev–Trinajstić information content (AvgIpc) is 2.88. The molecule has 0 atom stereocenters. The van der Waals surface area contributed by atoms with E-state index in [9.17, 15) is 0 Å². The zero-order valence-electron chi connectivity index (χ0n) is 13.4. The van der Waals surface area contributed by atoms with Crippen molar-refractivity contribution in [2.75, 3.05) is 14.2 Å². The van der Waals surface area contributed by atoms with Gasteiger partial charge in [0.2, 0.25) is 5.89 Å². The van der Waals surface area contributed by atoms with Gasteiger partial charge in [-0.1, -0.05) is 17.3 Å². The fourth-order valence-corrected chi connectivity index (χ4v) is 1.91. The van der Waals surface area contributed by atoms with Gasteiger partial charge in [-0.2, -0.15) is 4.98 Å².